The number of nitrogens with zero attached hydrogens (tertiary/aromatic N) is 1. The van der Waals surface area contributed by atoms with Crippen LogP contribution in [0.4, 0.5) is 0 Å². The van der Waals surface area contributed by atoms with Gasteiger partial charge in [0.15, 0.2) is 0 Å². The van der Waals surface area contributed by atoms with Crippen molar-refractivity contribution in [1.82, 2.24) is 4.90 Å². The van der Waals surface area contributed by atoms with Gasteiger partial charge in [-0.1, -0.05) is 24.3 Å². The SMILES string of the molecule is NCc1cccc(CN2C(=O)C3CC2CO3)c1. The fourth-order valence-electron chi connectivity index (χ4n) is 2.62. The van der Waals surface area contributed by atoms with Crippen LogP contribution < -0.4 is 5.73 Å². The number of rotatable bonds is 3. The number of morpholine rings is 1. The van der Waals surface area contributed by atoms with E-state index in [9.17, 15) is 4.79 Å². The maximum absolute atomic E-state index is 11.9. The average Bonchev–Trinajstić information content (AvgIpc) is 2.93. The van der Waals surface area contributed by atoms with E-state index in [2.05, 4.69) is 6.07 Å². The Hall–Kier alpha value is -1.39. The summed E-state index contributed by atoms with van der Waals surface area (Å²) in [6, 6.07) is 8.38. The second-order valence-electron chi connectivity index (χ2n) is 4.70. The monoisotopic (exact) mass is 232 g/mol. The summed E-state index contributed by atoms with van der Waals surface area (Å²) in [6.07, 6.45) is 0.674. The normalized spacial score (nSPS) is 26.9. The van der Waals surface area contributed by atoms with Gasteiger partial charge in [-0.05, 0) is 11.1 Å². The van der Waals surface area contributed by atoms with Gasteiger partial charge in [0.25, 0.3) is 5.91 Å². The van der Waals surface area contributed by atoms with E-state index in [4.69, 9.17) is 10.5 Å². The van der Waals surface area contributed by atoms with Crippen LogP contribution in [0.2, 0.25) is 0 Å². The van der Waals surface area contributed by atoms with E-state index in [-0.39, 0.29) is 18.1 Å². The molecule has 4 nitrogen and oxygen atoms in total. The molecule has 2 saturated heterocycles. The Labute approximate surface area is 100 Å². The molecule has 2 fully saturated rings. The number of amides is 1. The third-order valence-corrected chi connectivity index (χ3v) is 3.56. The van der Waals surface area contributed by atoms with Crippen LogP contribution in [0.15, 0.2) is 24.3 Å². The molecule has 0 aliphatic carbocycles. The van der Waals surface area contributed by atoms with Crippen molar-refractivity contribution in [2.24, 2.45) is 5.73 Å². The van der Waals surface area contributed by atoms with Crippen molar-refractivity contribution in [3.63, 3.8) is 0 Å². The topological polar surface area (TPSA) is 55.6 Å². The van der Waals surface area contributed by atoms with Crippen LogP contribution >= 0.6 is 0 Å². The van der Waals surface area contributed by atoms with Crippen LogP contribution in [0.25, 0.3) is 0 Å². The van der Waals surface area contributed by atoms with Crippen molar-refractivity contribution in [2.45, 2.75) is 31.7 Å². The van der Waals surface area contributed by atoms with Gasteiger partial charge in [0.05, 0.1) is 12.6 Å². The number of hydrogen-bond donors (Lipinski definition) is 1. The van der Waals surface area contributed by atoms with Crippen molar-refractivity contribution in [3.8, 4) is 0 Å². The van der Waals surface area contributed by atoms with Crippen LogP contribution in [0.3, 0.4) is 0 Å². The van der Waals surface area contributed by atoms with Gasteiger partial charge in [-0.15, -0.1) is 0 Å². The predicted molar refractivity (Wildman–Crippen MR) is 63.0 cm³/mol. The molecular formula is C13H16N2O2. The molecule has 0 aromatic heterocycles. The zero-order valence-corrected chi connectivity index (χ0v) is 9.63. The summed E-state index contributed by atoms with van der Waals surface area (Å²) >= 11 is 0. The van der Waals surface area contributed by atoms with Crippen molar-refractivity contribution in [1.29, 1.82) is 0 Å². The van der Waals surface area contributed by atoms with Gasteiger partial charge in [0.1, 0.15) is 6.10 Å². The maximum atomic E-state index is 11.9. The van der Waals surface area contributed by atoms with E-state index < -0.39 is 0 Å². The molecule has 1 aromatic carbocycles. The van der Waals surface area contributed by atoms with Crippen molar-refractivity contribution >= 4 is 5.91 Å². The minimum atomic E-state index is -0.183. The smallest absolute Gasteiger partial charge is 0.252 e. The zero-order chi connectivity index (χ0) is 11.8. The first-order valence-corrected chi connectivity index (χ1v) is 5.98. The van der Waals surface area contributed by atoms with Crippen molar-refractivity contribution < 1.29 is 9.53 Å². The predicted octanol–water partition coefficient (Wildman–Crippen LogP) is 0.645. The molecule has 17 heavy (non-hydrogen) atoms. The lowest BCUT2D eigenvalue weighted by Gasteiger charge is -2.27. The molecule has 2 atom stereocenters. The lowest BCUT2D eigenvalue weighted by atomic mass is 10.1. The van der Waals surface area contributed by atoms with E-state index in [1.807, 2.05) is 23.1 Å². The molecular weight excluding hydrogens is 216 g/mol. The highest BCUT2D eigenvalue weighted by Crippen LogP contribution is 2.30. The van der Waals surface area contributed by atoms with Crippen LogP contribution in [0, 0.1) is 0 Å². The van der Waals surface area contributed by atoms with Crippen LogP contribution in [-0.2, 0) is 22.6 Å². The summed E-state index contributed by atoms with van der Waals surface area (Å²) in [6.45, 7) is 1.90. The van der Waals surface area contributed by atoms with E-state index in [1.165, 1.54) is 0 Å². The largest absolute Gasteiger partial charge is 0.366 e. The van der Waals surface area contributed by atoms with Gasteiger partial charge >= 0.3 is 0 Å². The molecule has 2 aliphatic rings. The fourth-order valence-corrected chi connectivity index (χ4v) is 2.62. The number of carbonyl (C=O) groups is 1. The minimum Gasteiger partial charge on any atom is -0.366 e. The van der Waals surface area contributed by atoms with Crippen molar-refractivity contribution in [2.75, 3.05) is 6.61 Å². The first-order valence-electron chi connectivity index (χ1n) is 5.98. The molecule has 2 heterocycles. The standard InChI is InChI=1S/C13H16N2O2/c14-6-9-2-1-3-10(4-9)7-15-11-5-12(13(15)16)17-8-11/h1-4,11-12H,5-8,14H2. The van der Waals surface area contributed by atoms with Gasteiger partial charge in [-0.25, -0.2) is 0 Å². The highest BCUT2D eigenvalue weighted by Gasteiger charge is 2.45. The molecule has 2 aliphatic heterocycles. The summed E-state index contributed by atoms with van der Waals surface area (Å²) in [7, 11) is 0. The molecule has 90 valence electrons. The van der Waals surface area contributed by atoms with Gasteiger partial charge in [-0.3, -0.25) is 4.79 Å². The number of fused-ring (bicyclic) bond motifs is 2. The van der Waals surface area contributed by atoms with E-state index in [1.54, 1.807) is 0 Å². The molecule has 1 aromatic rings. The molecule has 3 rings (SSSR count). The third-order valence-electron chi connectivity index (χ3n) is 3.56. The Morgan fingerprint density at radius 3 is 2.94 bits per heavy atom. The second-order valence-corrected chi connectivity index (χ2v) is 4.70. The summed E-state index contributed by atoms with van der Waals surface area (Å²) in [4.78, 5) is 13.8. The van der Waals surface area contributed by atoms with Gasteiger partial charge in [0, 0.05) is 19.5 Å². The number of hydrogen-bond acceptors (Lipinski definition) is 3. The molecule has 0 radical (unpaired) electrons. The lowest BCUT2D eigenvalue weighted by molar-refractivity contribution is -0.144. The average molecular weight is 232 g/mol. The molecule has 1 amide bonds. The number of benzene rings is 1. The molecule has 0 saturated carbocycles. The number of likely N-dealkylation sites (tertiary alicyclic amines) is 1. The summed E-state index contributed by atoms with van der Waals surface area (Å²) in [5, 5.41) is 0. The first kappa shape index (κ1) is 10.7. The summed E-state index contributed by atoms with van der Waals surface area (Å²) in [5.41, 5.74) is 7.87. The Morgan fingerprint density at radius 2 is 2.24 bits per heavy atom. The van der Waals surface area contributed by atoms with E-state index >= 15 is 0 Å². The number of ether oxygens (including phenoxy) is 1. The lowest BCUT2D eigenvalue weighted by Crippen LogP contribution is -2.41. The van der Waals surface area contributed by atoms with Crippen LogP contribution in [-0.4, -0.2) is 29.6 Å². The fraction of sp³-hybridized carbons (Fsp3) is 0.462. The van der Waals surface area contributed by atoms with Gasteiger partial charge < -0.3 is 15.4 Å². The second kappa shape index (κ2) is 4.13. The summed E-state index contributed by atoms with van der Waals surface area (Å²) < 4.78 is 5.37. The molecule has 2 bridgehead atoms. The Kier molecular flexibility index (Phi) is 2.61. The van der Waals surface area contributed by atoms with Crippen LogP contribution in [0.5, 0.6) is 0 Å². The summed E-state index contributed by atoms with van der Waals surface area (Å²) in [5.74, 6) is 0.138. The first-order chi connectivity index (χ1) is 8.28. The van der Waals surface area contributed by atoms with Gasteiger partial charge in [0.2, 0.25) is 0 Å². The zero-order valence-electron chi connectivity index (χ0n) is 9.63. The quantitative estimate of drug-likeness (QED) is 0.832. The highest BCUT2D eigenvalue weighted by molar-refractivity contribution is 5.84. The maximum Gasteiger partial charge on any atom is 0.252 e. The van der Waals surface area contributed by atoms with E-state index in [0.29, 0.717) is 19.7 Å². The Morgan fingerprint density at radius 1 is 1.41 bits per heavy atom. The Bertz CT molecular complexity index is 447. The third kappa shape index (κ3) is 1.83. The van der Waals surface area contributed by atoms with Crippen LogP contribution in [0.1, 0.15) is 17.5 Å². The van der Waals surface area contributed by atoms with Gasteiger partial charge in [-0.2, -0.15) is 0 Å². The minimum absolute atomic E-state index is 0.138. The molecule has 2 unspecified atom stereocenters. The number of carbonyl (C=O) groups excluding carboxylic acids is 1. The molecule has 2 N–H and O–H groups in total. The Balaban J connectivity index is 1.76. The van der Waals surface area contributed by atoms with E-state index in [0.717, 1.165) is 17.5 Å². The highest BCUT2D eigenvalue weighted by atomic mass is 16.5. The van der Waals surface area contributed by atoms with Crippen molar-refractivity contribution in [3.05, 3.63) is 35.4 Å². The number of nitrogens with two attached hydrogens (primary N) is 1. The molecule has 0 spiro atoms. The molecule has 4 heteroatoms.